The van der Waals surface area contributed by atoms with E-state index in [0.29, 0.717) is 11.6 Å². The maximum absolute atomic E-state index is 10.5. The molecule has 0 aromatic heterocycles. The Morgan fingerprint density at radius 1 is 1.07 bits per heavy atom. The topological polar surface area (TPSA) is 58.1 Å². The van der Waals surface area contributed by atoms with Gasteiger partial charge in [-0.05, 0) is 79.2 Å². The van der Waals surface area contributed by atoms with Crippen LogP contribution in [0.5, 0.6) is 11.5 Å². The number of halogens is 2. The second kappa shape index (κ2) is 9.13. The third kappa shape index (κ3) is 4.64. The van der Waals surface area contributed by atoms with Crippen LogP contribution < -0.4 is 15.4 Å². The van der Waals surface area contributed by atoms with Crippen LogP contribution in [0.25, 0.3) is 5.70 Å². The zero-order valence-corrected chi connectivity index (χ0v) is 18.8. The van der Waals surface area contributed by atoms with Gasteiger partial charge in [-0.15, -0.1) is 0 Å². The minimum absolute atomic E-state index is 0.0203. The number of hydrogen-bond donors (Lipinski definition) is 3. The number of quaternary nitrogens is 1. The van der Waals surface area contributed by atoms with Crippen LogP contribution in [0, 0.1) is 0 Å². The molecule has 0 spiro atoms. The Kier molecular flexibility index (Phi) is 6.32. The van der Waals surface area contributed by atoms with E-state index in [-0.39, 0.29) is 18.0 Å². The first-order chi connectivity index (χ1) is 14.5. The molecular formula is C24H23BrClN2O2+. The van der Waals surface area contributed by atoms with E-state index in [4.69, 9.17) is 16.3 Å². The van der Waals surface area contributed by atoms with Gasteiger partial charge >= 0.3 is 0 Å². The maximum atomic E-state index is 10.5. The van der Waals surface area contributed by atoms with Gasteiger partial charge in [-0.25, -0.2) is 0 Å². The zero-order valence-electron chi connectivity index (χ0n) is 16.5. The van der Waals surface area contributed by atoms with Crippen LogP contribution in [0.2, 0.25) is 5.02 Å². The van der Waals surface area contributed by atoms with Gasteiger partial charge in [-0.3, -0.25) is 0 Å². The molecule has 0 fully saturated rings. The summed E-state index contributed by atoms with van der Waals surface area (Å²) in [6.07, 6.45) is 2.10. The zero-order chi connectivity index (χ0) is 21.1. The molecule has 0 aliphatic carbocycles. The van der Waals surface area contributed by atoms with Crippen molar-refractivity contribution in [2.75, 3.05) is 6.61 Å². The molecule has 4 nitrogen and oxygen atoms in total. The van der Waals surface area contributed by atoms with E-state index in [1.807, 2.05) is 49.4 Å². The molecule has 0 saturated heterocycles. The van der Waals surface area contributed by atoms with Crippen LogP contribution in [0.15, 0.2) is 77.3 Å². The molecule has 1 aliphatic rings. The van der Waals surface area contributed by atoms with E-state index >= 15 is 0 Å². The van der Waals surface area contributed by atoms with E-state index in [0.717, 1.165) is 32.6 Å². The molecule has 0 amide bonds. The average molecular weight is 487 g/mol. The summed E-state index contributed by atoms with van der Waals surface area (Å²) in [5.74, 6) is 1.08. The van der Waals surface area contributed by atoms with Crippen molar-refractivity contribution in [3.8, 4) is 11.5 Å². The SMILES string of the molecule is CCOc1ccc(C2=CC(c3cc(Cl)ccc3O)[NH2+]C(c3ccc(Br)cc3)N2)cc1. The van der Waals surface area contributed by atoms with Crippen molar-refractivity contribution in [3.05, 3.63) is 99.0 Å². The summed E-state index contributed by atoms with van der Waals surface area (Å²) >= 11 is 9.73. The Labute approximate surface area is 189 Å². The highest BCUT2D eigenvalue weighted by Crippen LogP contribution is 2.31. The summed E-state index contributed by atoms with van der Waals surface area (Å²) in [6.45, 7) is 2.61. The largest absolute Gasteiger partial charge is 0.507 e. The molecule has 0 bridgehead atoms. The fraction of sp³-hybridized carbons (Fsp3) is 0.167. The molecule has 3 aromatic carbocycles. The number of hydrogen-bond acceptors (Lipinski definition) is 3. The summed E-state index contributed by atoms with van der Waals surface area (Å²) in [5.41, 5.74) is 3.98. The van der Waals surface area contributed by atoms with Gasteiger partial charge in [0.2, 0.25) is 0 Å². The number of nitrogens with one attached hydrogen (secondary N) is 1. The van der Waals surface area contributed by atoms with Crippen LogP contribution in [0.1, 0.15) is 35.8 Å². The lowest BCUT2D eigenvalue weighted by atomic mass is 9.98. The molecule has 3 aromatic rings. The Hall–Kier alpha value is -2.47. The number of nitrogens with two attached hydrogens (primary N) is 1. The number of aromatic hydroxyl groups is 1. The predicted molar refractivity (Wildman–Crippen MR) is 123 cm³/mol. The Morgan fingerprint density at radius 2 is 1.80 bits per heavy atom. The minimum atomic E-state index is -0.0971. The van der Waals surface area contributed by atoms with Crippen molar-refractivity contribution in [1.82, 2.24) is 5.32 Å². The van der Waals surface area contributed by atoms with Crippen LogP contribution in [0.4, 0.5) is 0 Å². The van der Waals surface area contributed by atoms with Crippen LogP contribution in [0.3, 0.4) is 0 Å². The fourth-order valence-corrected chi connectivity index (χ4v) is 4.08. The molecule has 30 heavy (non-hydrogen) atoms. The number of rotatable bonds is 5. The lowest BCUT2D eigenvalue weighted by molar-refractivity contribution is -0.731. The molecular weight excluding hydrogens is 464 g/mol. The van der Waals surface area contributed by atoms with Gasteiger partial charge in [-0.2, -0.15) is 0 Å². The molecule has 2 atom stereocenters. The Morgan fingerprint density at radius 3 is 2.50 bits per heavy atom. The fourth-order valence-electron chi connectivity index (χ4n) is 3.63. The van der Waals surface area contributed by atoms with Crippen LogP contribution >= 0.6 is 27.5 Å². The van der Waals surface area contributed by atoms with Crippen molar-refractivity contribution in [3.63, 3.8) is 0 Å². The van der Waals surface area contributed by atoms with E-state index in [1.54, 1.807) is 12.1 Å². The van der Waals surface area contributed by atoms with E-state index in [2.05, 4.69) is 44.8 Å². The van der Waals surface area contributed by atoms with Gasteiger partial charge in [0.05, 0.1) is 12.2 Å². The maximum Gasteiger partial charge on any atom is 0.186 e. The van der Waals surface area contributed by atoms with Crippen molar-refractivity contribution < 1.29 is 15.2 Å². The first-order valence-corrected chi connectivity index (χ1v) is 11.0. The number of benzene rings is 3. The highest BCUT2D eigenvalue weighted by molar-refractivity contribution is 9.10. The monoisotopic (exact) mass is 485 g/mol. The number of phenols is 1. The lowest BCUT2D eigenvalue weighted by Gasteiger charge is -2.30. The summed E-state index contributed by atoms with van der Waals surface area (Å²) in [5, 5.41) is 16.9. The van der Waals surface area contributed by atoms with Gasteiger partial charge in [0.15, 0.2) is 6.17 Å². The second-order valence-electron chi connectivity index (χ2n) is 7.13. The molecule has 4 rings (SSSR count). The summed E-state index contributed by atoms with van der Waals surface area (Å²) in [4.78, 5) is 0. The first kappa shape index (κ1) is 20.8. The molecule has 154 valence electrons. The number of ether oxygens (including phenoxy) is 1. The van der Waals surface area contributed by atoms with Crippen LogP contribution in [-0.4, -0.2) is 11.7 Å². The van der Waals surface area contributed by atoms with E-state index < -0.39 is 0 Å². The molecule has 2 unspecified atom stereocenters. The summed E-state index contributed by atoms with van der Waals surface area (Å²) < 4.78 is 6.61. The third-order valence-corrected chi connectivity index (χ3v) is 5.87. The Bertz CT molecular complexity index is 1050. The van der Waals surface area contributed by atoms with Gasteiger partial charge in [-0.1, -0.05) is 27.5 Å². The van der Waals surface area contributed by atoms with E-state index in [1.165, 1.54) is 0 Å². The smallest absolute Gasteiger partial charge is 0.186 e. The van der Waals surface area contributed by atoms with E-state index in [9.17, 15) is 5.11 Å². The standard InChI is InChI=1S/C24H22BrClN2O2/c1-2-30-19-10-5-15(6-11-19)21-14-22(20-13-18(26)9-12-23(20)29)28-24(27-21)16-3-7-17(25)8-4-16/h3-14,22,24,27-29H,2H2,1H3/p+1. The summed E-state index contributed by atoms with van der Waals surface area (Å²) in [7, 11) is 0. The van der Waals surface area contributed by atoms with Crippen molar-refractivity contribution in [2.45, 2.75) is 19.1 Å². The van der Waals surface area contributed by atoms with Crippen molar-refractivity contribution in [2.24, 2.45) is 0 Å². The predicted octanol–water partition coefficient (Wildman–Crippen LogP) is 5.15. The molecule has 0 saturated carbocycles. The molecule has 1 aliphatic heterocycles. The van der Waals surface area contributed by atoms with Gasteiger partial charge < -0.3 is 20.5 Å². The van der Waals surface area contributed by atoms with Crippen LogP contribution in [-0.2, 0) is 0 Å². The number of phenolic OH excluding ortho intramolecular Hbond substituents is 1. The highest BCUT2D eigenvalue weighted by Gasteiger charge is 2.29. The van der Waals surface area contributed by atoms with Gasteiger partial charge in [0.1, 0.15) is 17.5 Å². The van der Waals surface area contributed by atoms with Crippen molar-refractivity contribution >= 4 is 33.2 Å². The second-order valence-corrected chi connectivity index (χ2v) is 8.48. The van der Waals surface area contributed by atoms with Gasteiger partial charge in [0, 0.05) is 26.8 Å². The molecule has 0 radical (unpaired) electrons. The average Bonchev–Trinajstić information content (AvgIpc) is 2.76. The minimum Gasteiger partial charge on any atom is -0.507 e. The Balaban J connectivity index is 1.73. The summed E-state index contributed by atoms with van der Waals surface area (Å²) in [6, 6.07) is 21.4. The molecule has 4 N–H and O–H groups in total. The third-order valence-electron chi connectivity index (χ3n) is 5.11. The molecule has 1 heterocycles. The quantitative estimate of drug-likeness (QED) is 0.467. The lowest BCUT2D eigenvalue weighted by Crippen LogP contribution is -2.89. The van der Waals surface area contributed by atoms with Gasteiger partial charge in [0.25, 0.3) is 0 Å². The molecule has 6 heteroatoms. The normalized spacial score (nSPS) is 18.4. The highest BCUT2D eigenvalue weighted by atomic mass is 79.9. The first-order valence-electron chi connectivity index (χ1n) is 9.84. The van der Waals surface area contributed by atoms with Crippen molar-refractivity contribution in [1.29, 1.82) is 0 Å².